The second kappa shape index (κ2) is 8.28. The van der Waals surface area contributed by atoms with Crippen molar-refractivity contribution >= 4 is 11.9 Å². The van der Waals surface area contributed by atoms with E-state index in [9.17, 15) is 9.59 Å². The van der Waals surface area contributed by atoms with Gasteiger partial charge >= 0.3 is 11.9 Å². The minimum Gasteiger partial charge on any atom is -0.465 e. The van der Waals surface area contributed by atoms with E-state index in [4.69, 9.17) is 9.47 Å². The predicted molar refractivity (Wildman–Crippen MR) is 77.2 cm³/mol. The van der Waals surface area contributed by atoms with Crippen LogP contribution in [-0.2, 0) is 19.1 Å². The molecule has 0 radical (unpaired) electrons. The molecule has 0 saturated heterocycles. The van der Waals surface area contributed by atoms with Gasteiger partial charge in [0.2, 0.25) is 0 Å². The van der Waals surface area contributed by atoms with Gasteiger partial charge in [-0.1, -0.05) is 39.0 Å². The van der Waals surface area contributed by atoms with E-state index < -0.39 is 17.4 Å². The molecule has 4 heteroatoms. The van der Waals surface area contributed by atoms with Crippen LogP contribution < -0.4 is 0 Å². The lowest BCUT2D eigenvalue weighted by atomic mass is 10.00. The van der Waals surface area contributed by atoms with E-state index in [1.807, 2.05) is 0 Å². The van der Waals surface area contributed by atoms with Crippen molar-refractivity contribution in [3.63, 3.8) is 0 Å². The number of unbranched alkanes of at least 4 members (excludes halogenated alkanes) is 4. The Kier molecular flexibility index (Phi) is 7.03. The van der Waals surface area contributed by atoms with E-state index in [1.54, 1.807) is 13.8 Å². The second-order valence-electron chi connectivity index (χ2n) is 5.52. The molecular weight excluding hydrogens is 256 g/mol. The molecule has 1 atom stereocenters. The van der Waals surface area contributed by atoms with Gasteiger partial charge < -0.3 is 9.47 Å². The zero-order chi connectivity index (χ0) is 15.0. The summed E-state index contributed by atoms with van der Waals surface area (Å²) in [5.74, 6) is -0.670. The lowest BCUT2D eigenvalue weighted by molar-refractivity contribution is -0.165. The Morgan fingerprint density at radius 3 is 2.00 bits per heavy atom. The van der Waals surface area contributed by atoms with Crippen LogP contribution in [0.4, 0.5) is 0 Å². The summed E-state index contributed by atoms with van der Waals surface area (Å²) in [5, 5.41) is 0. The van der Waals surface area contributed by atoms with Crippen molar-refractivity contribution in [3.8, 4) is 0 Å². The molecule has 0 aromatic heterocycles. The number of esters is 2. The molecule has 116 valence electrons. The van der Waals surface area contributed by atoms with Crippen LogP contribution in [0.25, 0.3) is 0 Å². The van der Waals surface area contributed by atoms with Crippen molar-refractivity contribution in [1.82, 2.24) is 0 Å². The van der Waals surface area contributed by atoms with E-state index in [0.717, 1.165) is 12.8 Å². The van der Waals surface area contributed by atoms with E-state index in [0.29, 0.717) is 19.6 Å². The number of ether oxygens (including phenoxy) is 2. The van der Waals surface area contributed by atoms with Crippen LogP contribution in [0.2, 0.25) is 0 Å². The molecule has 0 aromatic carbocycles. The summed E-state index contributed by atoms with van der Waals surface area (Å²) in [4.78, 5) is 24.1. The van der Waals surface area contributed by atoms with Crippen LogP contribution in [-0.4, -0.2) is 25.2 Å². The third-order valence-electron chi connectivity index (χ3n) is 4.04. The van der Waals surface area contributed by atoms with Gasteiger partial charge in [0.1, 0.15) is 0 Å². The summed E-state index contributed by atoms with van der Waals surface area (Å²) in [6.07, 6.45) is 7.47. The van der Waals surface area contributed by atoms with Crippen molar-refractivity contribution < 1.29 is 19.1 Å². The Morgan fingerprint density at radius 1 is 0.950 bits per heavy atom. The van der Waals surface area contributed by atoms with Gasteiger partial charge in [-0.3, -0.25) is 9.59 Å². The van der Waals surface area contributed by atoms with Crippen LogP contribution >= 0.6 is 0 Å². The number of hydrogen-bond acceptors (Lipinski definition) is 4. The van der Waals surface area contributed by atoms with Crippen molar-refractivity contribution in [1.29, 1.82) is 0 Å². The Labute approximate surface area is 122 Å². The molecule has 1 rings (SSSR count). The first-order chi connectivity index (χ1) is 9.63. The van der Waals surface area contributed by atoms with Gasteiger partial charge in [0.15, 0.2) is 5.41 Å². The first kappa shape index (κ1) is 17.0. The van der Waals surface area contributed by atoms with Crippen LogP contribution in [0.5, 0.6) is 0 Å². The fourth-order valence-electron chi connectivity index (χ4n) is 2.78. The van der Waals surface area contributed by atoms with Crippen molar-refractivity contribution in [2.24, 2.45) is 11.3 Å². The summed E-state index contributed by atoms with van der Waals surface area (Å²) in [6.45, 7) is 6.33. The summed E-state index contributed by atoms with van der Waals surface area (Å²) in [6, 6.07) is 0. The lowest BCUT2D eigenvalue weighted by Crippen LogP contribution is -2.32. The largest absolute Gasteiger partial charge is 0.465 e. The fraction of sp³-hybridized carbons (Fsp3) is 0.875. The first-order valence-electron chi connectivity index (χ1n) is 7.97. The smallest absolute Gasteiger partial charge is 0.323 e. The SMILES string of the molecule is CCCCCCCC1CC1(C(=O)OCC)C(=O)OCC. The molecule has 1 aliphatic carbocycles. The summed E-state index contributed by atoms with van der Waals surface area (Å²) in [5.41, 5.74) is -0.989. The molecule has 0 spiro atoms. The van der Waals surface area contributed by atoms with Gasteiger partial charge in [0.05, 0.1) is 13.2 Å². The van der Waals surface area contributed by atoms with Crippen LogP contribution in [0.1, 0.15) is 65.7 Å². The summed E-state index contributed by atoms with van der Waals surface area (Å²) >= 11 is 0. The average molecular weight is 284 g/mol. The van der Waals surface area contributed by atoms with Gasteiger partial charge in [-0.05, 0) is 32.6 Å². The Bertz CT molecular complexity index is 306. The summed E-state index contributed by atoms with van der Waals surface area (Å²) < 4.78 is 10.1. The zero-order valence-electron chi connectivity index (χ0n) is 13.1. The van der Waals surface area contributed by atoms with Crippen LogP contribution in [0.3, 0.4) is 0 Å². The van der Waals surface area contributed by atoms with Crippen molar-refractivity contribution in [3.05, 3.63) is 0 Å². The third-order valence-corrected chi connectivity index (χ3v) is 4.04. The van der Waals surface area contributed by atoms with Crippen LogP contribution in [0, 0.1) is 11.3 Å². The number of carbonyl (C=O) groups is 2. The predicted octanol–water partition coefficient (Wildman–Crippen LogP) is 3.48. The highest BCUT2D eigenvalue weighted by Crippen LogP contribution is 2.57. The highest BCUT2D eigenvalue weighted by Gasteiger charge is 2.67. The zero-order valence-corrected chi connectivity index (χ0v) is 13.1. The molecule has 0 N–H and O–H groups in total. The molecular formula is C16H28O4. The quantitative estimate of drug-likeness (QED) is 0.350. The number of rotatable bonds is 10. The Morgan fingerprint density at radius 2 is 1.50 bits per heavy atom. The van der Waals surface area contributed by atoms with E-state index in [-0.39, 0.29) is 5.92 Å². The molecule has 4 nitrogen and oxygen atoms in total. The number of hydrogen-bond donors (Lipinski definition) is 0. The standard InChI is InChI=1S/C16H28O4/c1-4-7-8-9-10-11-13-12-16(13,14(17)19-5-2)15(18)20-6-3/h13H,4-12H2,1-3H3. The maximum absolute atomic E-state index is 12.1. The third kappa shape index (κ3) is 3.97. The molecule has 0 bridgehead atoms. The maximum Gasteiger partial charge on any atom is 0.323 e. The highest BCUT2D eigenvalue weighted by molar-refractivity contribution is 6.03. The maximum atomic E-state index is 12.1. The molecule has 20 heavy (non-hydrogen) atoms. The molecule has 0 aromatic rings. The topological polar surface area (TPSA) is 52.6 Å². The van der Waals surface area contributed by atoms with E-state index in [1.165, 1.54) is 25.7 Å². The van der Waals surface area contributed by atoms with Crippen molar-refractivity contribution in [2.45, 2.75) is 65.7 Å². The Balaban J connectivity index is 2.48. The summed E-state index contributed by atoms with van der Waals surface area (Å²) in [7, 11) is 0. The van der Waals surface area contributed by atoms with Gasteiger partial charge in [-0.2, -0.15) is 0 Å². The normalized spacial score (nSPS) is 19.4. The molecule has 0 heterocycles. The van der Waals surface area contributed by atoms with E-state index >= 15 is 0 Å². The Hall–Kier alpha value is -1.06. The molecule has 0 amide bonds. The highest BCUT2D eigenvalue weighted by atomic mass is 16.6. The molecule has 1 fully saturated rings. The van der Waals surface area contributed by atoms with E-state index in [2.05, 4.69) is 6.92 Å². The van der Waals surface area contributed by atoms with Crippen molar-refractivity contribution in [2.75, 3.05) is 13.2 Å². The first-order valence-corrected chi connectivity index (χ1v) is 7.97. The van der Waals surface area contributed by atoms with Gasteiger partial charge in [0.25, 0.3) is 0 Å². The minimum absolute atomic E-state index is 0.113. The van der Waals surface area contributed by atoms with Gasteiger partial charge in [-0.25, -0.2) is 0 Å². The number of carbonyl (C=O) groups excluding carboxylic acids is 2. The lowest BCUT2D eigenvalue weighted by Gasteiger charge is -2.14. The van der Waals surface area contributed by atoms with Crippen LogP contribution in [0.15, 0.2) is 0 Å². The van der Waals surface area contributed by atoms with Gasteiger partial charge in [-0.15, -0.1) is 0 Å². The fourth-order valence-corrected chi connectivity index (χ4v) is 2.78. The monoisotopic (exact) mass is 284 g/mol. The average Bonchev–Trinajstić information content (AvgIpc) is 3.15. The minimum atomic E-state index is -0.989. The molecule has 1 aliphatic rings. The molecule has 1 unspecified atom stereocenters. The second-order valence-corrected chi connectivity index (χ2v) is 5.52. The molecule has 1 saturated carbocycles. The molecule has 0 aliphatic heterocycles. The van der Waals surface area contributed by atoms with Gasteiger partial charge in [0, 0.05) is 0 Å².